The van der Waals surface area contributed by atoms with Gasteiger partial charge in [-0.05, 0) is 31.0 Å². The highest BCUT2D eigenvalue weighted by Crippen LogP contribution is 2.24. The molecule has 0 fully saturated rings. The van der Waals surface area contributed by atoms with Crippen molar-refractivity contribution in [2.45, 2.75) is 26.4 Å². The minimum Gasteiger partial charge on any atom is -0.306 e. The van der Waals surface area contributed by atoms with Crippen LogP contribution in [0, 0.1) is 17.0 Å². The Hall–Kier alpha value is -1.91. The predicted molar refractivity (Wildman–Crippen MR) is 84.5 cm³/mol. The minimum atomic E-state index is -0.348. The number of benzene rings is 2. The molecule has 2 aromatic rings. The number of halogens is 1. The average Bonchev–Trinajstić information content (AvgIpc) is 2.46. The molecule has 0 radical (unpaired) electrons. The van der Waals surface area contributed by atoms with Crippen LogP contribution in [-0.4, -0.2) is 4.92 Å². The van der Waals surface area contributed by atoms with Crippen LogP contribution in [0.25, 0.3) is 0 Å². The van der Waals surface area contributed by atoms with Gasteiger partial charge in [0.05, 0.1) is 4.92 Å². The van der Waals surface area contributed by atoms with Gasteiger partial charge in [0.15, 0.2) is 0 Å². The second-order valence-electron chi connectivity index (χ2n) is 5.00. The van der Waals surface area contributed by atoms with Gasteiger partial charge in [-0.25, -0.2) is 0 Å². The summed E-state index contributed by atoms with van der Waals surface area (Å²) in [5, 5.41) is 15.0. The van der Waals surface area contributed by atoms with Gasteiger partial charge < -0.3 is 5.32 Å². The van der Waals surface area contributed by atoms with E-state index in [1.54, 1.807) is 19.1 Å². The van der Waals surface area contributed by atoms with Crippen LogP contribution in [-0.2, 0) is 6.54 Å². The smallest absolute Gasteiger partial charge is 0.272 e. The third-order valence-electron chi connectivity index (χ3n) is 3.49. The molecule has 2 rings (SSSR count). The molecule has 5 heteroatoms. The summed E-state index contributed by atoms with van der Waals surface area (Å²) in [6.07, 6.45) is 0. The number of nitrogens with one attached hydrogen (secondary N) is 1. The second-order valence-corrected chi connectivity index (χ2v) is 5.40. The monoisotopic (exact) mass is 304 g/mol. The molecule has 0 aromatic heterocycles. The molecule has 0 heterocycles. The summed E-state index contributed by atoms with van der Waals surface area (Å²) in [4.78, 5) is 10.6. The first-order valence-electron chi connectivity index (χ1n) is 6.70. The van der Waals surface area contributed by atoms with Crippen LogP contribution < -0.4 is 5.32 Å². The quantitative estimate of drug-likeness (QED) is 0.657. The molecule has 0 spiro atoms. The molecule has 0 amide bonds. The molecule has 110 valence electrons. The van der Waals surface area contributed by atoms with Gasteiger partial charge in [0.1, 0.15) is 0 Å². The van der Waals surface area contributed by atoms with Crippen LogP contribution in [0.4, 0.5) is 5.69 Å². The second kappa shape index (κ2) is 6.70. The first-order valence-corrected chi connectivity index (χ1v) is 7.08. The summed E-state index contributed by atoms with van der Waals surface area (Å²) in [5.74, 6) is 0. The van der Waals surface area contributed by atoms with Gasteiger partial charge in [0.25, 0.3) is 5.69 Å². The van der Waals surface area contributed by atoms with E-state index in [0.717, 1.165) is 11.1 Å². The van der Waals surface area contributed by atoms with E-state index in [-0.39, 0.29) is 16.7 Å². The van der Waals surface area contributed by atoms with Gasteiger partial charge in [-0.3, -0.25) is 10.1 Å². The SMILES string of the molecule is Cc1ccc(C(C)NCc2ccccc2Cl)cc1[N+](=O)[O-]. The molecule has 0 saturated carbocycles. The summed E-state index contributed by atoms with van der Waals surface area (Å²) in [7, 11) is 0. The highest BCUT2D eigenvalue weighted by atomic mass is 35.5. The van der Waals surface area contributed by atoms with E-state index < -0.39 is 0 Å². The van der Waals surface area contributed by atoms with Crippen molar-refractivity contribution in [2.75, 3.05) is 0 Å². The molecule has 21 heavy (non-hydrogen) atoms. The van der Waals surface area contributed by atoms with E-state index in [0.29, 0.717) is 17.1 Å². The van der Waals surface area contributed by atoms with Gasteiger partial charge in [-0.2, -0.15) is 0 Å². The van der Waals surface area contributed by atoms with Crippen LogP contribution >= 0.6 is 11.6 Å². The van der Waals surface area contributed by atoms with Crippen molar-refractivity contribution in [3.63, 3.8) is 0 Å². The molecule has 0 aliphatic carbocycles. The van der Waals surface area contributed by atoms with E-state index in [2.05, 4.69) is 5.32 Å². The summed E-state index contributed by atoms with van der Waals surface area (Å²) < 4.78 is 0. The molecule has 0 aliphatic heterocycles. The van der Waals surface area contributed by atoms with Crippen molar-refractivity contribution in [3.8, 4) is 0 Å². The highest BCUT2D eigenvalue weighted by Gasteiger charge is 2.14. The largest absolute Gasteiger partial charge is 0.306 e. The van der Waals surface area contributed by atoms with Crippen LogP contribution in [0.3, 0.4) is 0 Å². The lowest BCUT2D eigenvalue weighted by Crippen LogP contribution is -2.18. The van der Waals surface area contributed by atoms with E-state index >= 15 is 0 Å². The topological polar surface area (TPSA) is 55.2 Å². The van der Waals surface area contributed by atoms with E-state index in [1.165, 1.54) is 0 Å². The third-order valence-corrected chi connectivity index (χ3v) is 3.86. The van der Waals surface area contributed by atoms with E-state index in [1.807, 2.05) is 37.3 Å². The van der Waals surface area contributed by atoms with Crippen LogP contribution in [0.15, 0.2) is 42.5 Å². The predicted octanol–water partition coefficient (Wildman–Crippen LogP) is 4.41. The number of aryl methyl sites for hydroxylation is 1. The summed E-state index contributed by atoms with van der Waals surface area (Å²) in [6.45, 7) is 4.33. The standard InChI is InChI=1S/C16H17ClN2O2/c1-11-7-8-13(9-16(11)19(20)21)12(2)18-10-14-5-3-4-6-15(14)17/h3-9,12,18H,10H2,1-2H3. The van der Waals surface area contributed by atoms with Gasteiger partial charge in [-0.1, -0.05) is 41.9 Å². The summed E-state index contributed by atoms with van der Waals surface area (Å²) in [5.41, 5.74) is 2.72. The van der Waals surface area contributed by atoms with Crippen molar-refractivity contribution in [2.24, 2.45) is 0 Å². The Morgan fingerprint density at radius 2 is 2.00 bits per heavy atom. The lowest BCUT2D eigenvalue weighted by molar-refractivity contribution is -0.385. The Bertz CT molecular complexity index is 658. The van der Waals surface area contributed by atoms with Crippen LogP contribution in [0.1, 0.15) is 29.7 Å². The fourth-order valence-electron chi connectivity index (χ4n) is 2.12. The number of nitro benzene ring substituents is 1. The molecule has 4 nitrogen and oxygen atoms in total. The molecular formula is C16H17ClN2O2. The van der Waals surface area contributed by atoms with Gasteiger partial charge >= 0.3 is 0 Å². The summed E-state index contributed by atoms with van der Waals surface area (Å²) in [6, 6.07) is 12.9. The van der Waals surface area contributed by atoms with Crippen molar-refractivity contribution in [3.05, 3.63) is 74.3 Å². The van der Waals surface area contributed by atoms with Crippen molar-refractivity contribution >= 4 is 17.3 Å². The first-order chi connectivity index (χ1) is 9.99. The van der Waals surface area contributed by atoms with Gasteiger partial charge in [-0.15, -0.1) is 0 Å². The number of rotatable bonds is 5. The molecule has 0 bridgehead atoms. The van der Waals surface area contributed by atoms with Gasteiger partial charge in [0, 0.05) is 29.2 Å². The fraction of sp³-hybridized carbons (Fsp3) is 0.250. The maximum Gasteiger partial charge on any atom is 0.272 e. The van der Waals surface area contributed by atoms with Crippen molar-refractivity contribution in [1.29, 1.82) is 0 Å². The Morgan fingerprint density at radius 3 is 2.67 bits per heavy atom. The average molecular weight is 305 g/mol. The lowest BCUT2D eigenvalue weighted by atomic mass is 10.0. The number of hydrogen-bond donors (Lipinski definition) is 1. The molecular weight excluding hydrogens is 288 g/mol. The number of nitro groups is 1. The lowest BCUT2D eigenvalue weighted by Gasteiger charge is -2.15. The van der Waals surface area contributed by atoms with Gasteiger partial charge in [0.2, 0.25) is 0 Å². The van der Waals surface area contributed by atoms with E-state index in [9.17, 15) is 10.1 Å². The Labute approximate surface area is 128 Å². The van der Waals surface area contributed by atoms with E-state index in [4.69, 9.17) is 11.6 Å². The third kappa shape index (κ3) is 3.80. The zero-order valence-electron chi connectivity index (χ0n) is 12.0. The maximum absolute atomic E-state index is 11.0. The number of nitrogens with zero attached hydrogens (tertiary/aromatic N) is 1. The Balaban J connectivity index is 2.10. The zero-order chi connectivity index (χ0) is 15.4. The summed E-state index contributed by atoms with van der Waals surface area (Å²) >= 11 is 6.11. The van der Waals surface area contributed by atoms with Crippen molar-refractivity contribution < 1.29 is 4.92 Å². The zero-order valence-corrected chi connectivity index (χ0v) is 12.7. The molecule has 1 atom stereocenters. The maximum atomic E-state index is 11.0. The molecule has 1 N–H and O–H groups in total. The number of hydrogen-bond acceptors (Lipinski definition) is 3. The first kappa shape index (κ1) is 15.5. The normalized spacial score (nSPS) is 12.1. The Kier molecular flexibility index (Phi) is 4.94. The van der Waals surface area contributed by atoms with Crippen molar-refractivity contribution in [1.82, 2.24) is 5.32 Å². The molecule has 2 aromatic carbocycles. The molecule has 0 aliphatic rings. The minimum absolute atomic E-state index is 0.000530. The Morgan fingerprint density at radius 1 is 1.29 bits per heavy atom. The molecule has 0 saturated heterocycles. The van der Waals surface area contributed by atoms with Crippen LogP contribution in [0.5, 0.6) is 0 Å². The van der Waals surface area contributed by atoms with Crippen LogP contribution in [0.2, 0.25) is 5.02 Å². The fourth-order valence-corrected chi connectivity index (χ4v) is 2.32. The molecule has 1 unspecified atom stereocenters. The highest BCUT2D eigenvalue weighted by molar-refractivity contribution is 6.31.